The zero-order valence-corrected chi connectivity index (χ0v) is 14.3. The van der Waals surface area contributed by atoms with Crippen molar-refractivity contribution in [2.45, 2.75) is 0 Å². The van der Waals surface area contributed by atoms with E-state index in [2.05, 4.69) is 22.8 Å². The highest BCUT2D eigenvalue weighted by molar-refractivity contribution is 7.13. The zero-order chi connectivity index (χ0) is 16.6. The van der Waals surface area contributed by atoms with Gasteiger partial charge in [0.2, 0.25) is 0 Å². The SMILES string of the molecule is c1cc2c(cc1-c1csc(-c3ccc4c(c3)OCCO4)n1)NCCO2. The first-order valence-corrected chi connectivity index (χ1v) is 9.11. The van der Waals surface area contributed by atoms with Crippen LogP contribution >= 0.6 is 11.3 Å². The molecule has 0 saturated carbocycles. The van der Waals surface area contributed by atoms with Gasteiger partial charge in [-0.25, -0.2) is 4.98 Å². The van der Waals surface area contributed by atoms with Gasteiger partial charge in [0.05, 0.1) is 11.4 Å². The number of fused-ring (bicyclic) bond motifs is 2. The molecule has 25 heavy (non-hydrogen) atoms. The first-order chi connectivity index (χ1) is 12.4. The van der Waals surface area contributed by atoms with Crippen molar-refractivity contribution >= 4 is 17.0 Å². The van der Waals surface area contributed by atoms with Crippen LogP contribution in [0.25, 0.3) is 21.8 Å². The Balaban J connectivity index is 1.47. The van der Waals surface area contributed by atoms with Crippen molar-refractivity contribution in [1.82, 2.24) is 4.98 Å². The number of thiazole rings is 1. The summed E-state index contributed by atoms with van der Waals surface area (Å²) in [6, 6.07) is 12.1. The maximum atomic E-state index is 5.67. The fraction of sp³-hybridized carbons (Fsp3) is 0.211. The predicted octanol–water partition coefficient (Wildman–Crippen LogP) is 4.05. The average Bonchev–Trinajstić information content (AvgIpc) is 3.17. The molecule has 3 heterocycles. The standard InChI is InChI=1S/C19H16N2O3S/c1-3-16-14(20-5-6-22-16)9-12(1)15-11-25-19(21-15)13-2-4-17-18(10-13)24-8-7-23-17/h1-4,9-11,20H,5-8H2. The van der Waals surface area contributed by atoms with E-state index in [0.29, 0.717) is 19.8 Å². The number of benzene rings is 2. The van der Waals surface area contributed by atoms with Crippen molar-refractivity contribution in [2.24, 2.45) is 0 Å². The highest BCUT2D eigenvalue weighted by Crippen LogP contribution is 2.38. The van der Waals surface area contributed by atoms with E-state index in [9.17, 15) is 0 Å². The number of nitrogens with zero attached hydrogens (tertiary/aromatic N) is 1. The molecule has 2 aliphatic rings. The summed E-state index contributed by atoms with van der Waals surface area (Å²) < 4.78 is 16.9. The Hall–Kier alpha value is -2.73. The van der Waals surface area contributed by atoms with E-state index >= 15 is 0 Å². The van der Waals surface area contributed by atoms with Crippen LogP contribution < -0.4 is 19.5 Å². The molecule has 0 amide bonds. The lowest BCUT2D eigenvalue weighted by atomic mass is 10.1. The maximum absolute atomic E-state index is 5.67. The third kappa shape index (κ3) is 2.68. The zero-order valence-electron chi connectivity index (χ0n) is 13.5. The van der Waals surface area contributed by atoms with Crippen LogP contribution in [-0.2, 0) is 0 Å². The van der Waals surface area contributed by atoms with Crippen molar-refractivity contribution in [3.8, 4) is 39.1 Å². The Labute approximate surface area is 149 Å². The van der Waals surface area contributed by atoms with E-state index in [-0.39, 0.29) is 0 Å². The van der Waals surface area contributed by atoms with Crippen LogP contribution in [0.4, 0.5) is 5.69 Å². The van der Waals surface area contributed by atoms with Crippen molar-refractivity contribution in [1.29, 1.82) is 0 Å². The minimum atomic E-state index is 0.587. The summed E-state index contributed by atoms with van der Waals surface area (Å²) >= 11 is 1.63. The molecule has 2 aromatic carbocycles. The summed E-state index contributed by atoms with van der Waals surface area (Å²) in [5, 5.41) is 6.41. The van der Waals surface area contributed by atoms with Crippen molar-refractivity contribution in [3.05, 3.63) is 41.8 Å². The van der Waals surface area contributed by atoms with Crippen LogP contribution in [0.5, 0.6) is 17.2 Å². The lowest BCUT2D eigenvalue weighted by Crippen LogP contribution is -2.17. The fourth-order valence-corrected chi connectivity index (χ4v) is 3.84. The second-order valence-corrected chi connectivity index (χ2v) is 6.74. The molecule has 0 saturated heterocycles. The van der Waals surface area contributed by atoms with Crippen LogP contribution in [0.2, 0.25) is 0 Å². The molecule has 6 heteroatoms. The van der Waals surface area contributed by atoms with Crippen LogP contribution in [0.15, 0.2) is 41.8 Å². The number of nitrogens with one attached hydrogen (secondary N) is 1. The van der Waals surface area contributed by atoms with Crippen molar-refractivity contribution in [2.75, 3.05) is 31.7 Å². The highest BCUT2D eigenvalue weighted by atomic mass is 32.1. The van der Waals surface area contributed by atoms with Crippen LogP contribution in [0.1, 0.15) is 0 Å². The molecule has 0 aliphatic carbocycles. The van der Waals surface area contributed by atoms with E-state index in [4.69, 9.17) is 19.2 Å². The monoisotopic (exact) mass is 352 g/mol. The van der Waals surface area contributed by atoms with Gasteiger partial charge in [0, 0.05) is 23.1 Å². The van der Waals surface area contributed by atoms with Crippen LogP contribution in [-0.4, -0.2) is 31.3 Å². The Bertz CT molecular complexity index is 864. The molecular weight excluding hydrogens is 336 g/mol. The Morgan fingerprint density at radius 1 is 0.840 bits per heavy atom. The van der Waals surface area contributed by atoms with Crippen LogP contribution in [0, 0.1) is 0 Å². The number of hydrogen-bond donors (Lipinski definition) is 1. The number of anilines is 1. The normalized spacial score (nSPS) is 15.0. The molecule has 0 atom stereocenters. The van der Waals surface area contributed by atoms with Gasteiger partial charge in [0.15, 0.2) is 11.5 Å². The number of rotatable bonds is 2. The Morgan fingerprint density at radius 3 is 2.60 bits per heavy atom. The van der Waals surface area contributed by atoms with Crippen LogP contribution in [0.3, 0.4) is 0 Å². The van der Waals surface area contributed by atoms with Crippen molar-refractivity contribution < 1.29 is 14.2 Å². The van der Waals surface area contributed by atoms with Gasteiger partial charge >= 0.3 is 0 Å². The summed E-state index contributed by atoms with van der Waals surface area (Å²) in [5.41, 5.74) is 4.11. The van der Waals surface area contributed by atoms with Gasteiger partial charge in [-0.15, -0.1) is 11.3 Å². The quantitative estimate of drug-likeness (QED) is 0.754. The highest BCUT2D eigenvalue weighted by Gasteiger charge is 2.15. The molecule has 0 bridgehead atoms. The second kappa shape index (κ2) is 5.97. The first-order valence-electron chi connectivity index (χ1n) is 8.23. The third-order valence-corrected chi connectivity index (χ3v) is 5.14. The molecular formula is C19H16N2O3S. The number of ether oxygens (including phenoxy) is 3. The smallest absolute Gasteiger partial charge is 0.162 e. The van der Waals surface area contributed by atoms with Crippen molar-refractivity contribution in [3.63, 3.8) is 0 Å². The van der Waals surface area contributed by atoms with E-state index < -0.39 is 0 Å². The second-order valence-electron chi connectivity index (χ2n) is 5.88. The lowest BCUT2D eigenvalue weighted by molar-refractivity contribution is 0.171. The fourth-order valence-electron chi connectivity index (χ4n) is 3.02. The Kier molecular flexibility index (Phi) is 3.48. The summed E-state index contributed by atoms with van der Waals surface area (Å²) in [5.74, 6) is 2.49. The molecule has 5 rings (SSSR count). The molecule has 3 aromatic rings. The molecule has 0 unspecified atom stereocenters. The summed E-state index contributed by atoms with van der Waals surface area (Å²) in [6.45, 7) is 2.72. The largest absolute Gasteiger partial charge is 0.490 e. The molecule has 1 aromatic heterocycles. The molecule has 2 aliphatic heterocycles. The van der Waals surface area contributed by atoms with E-state index in [1.807, 2.05) is 24.3 Å². The minimum Gasteiger partial charge on any atom is -0.490 e. The van der Waals surface area contributed by atoms with E-state index in [1.54, 1.807) is 11.3 Å². The molecule has 5 nitrogen and oxygen atoms in total. The predicted molar refractivity (Wildman–Crippen MR) is 98.0 cm³/mol. The van der Waals surface area contributed by atoms with Gasteiger partial charge in [0.25, 0.3) is 0 Å². The third-order valence-electron chi connectivity index (χ3n) is 4.24. The molecule has 0 fully saturated rings. The van der Waals surface area contributed by atoms with Gasteiger partial charge in [-0.2, -0.15) is 0 Å². The van der Waals surface area contributed by atoms with Gasteiger partial charge < -0.3 is 19.5 Å². The average molecular weight is 352 g/mol. The van der Waals surface area contributed by atoms with Gasteiger partial charge in [0.1, 0.15) is 30.6 Å². The first kappa shape index (κ1) is 14.6. The lowest BCUT2D eigenvalue weighted by Gasteiger charge is -2.19. The molecule has 1 N–H and O–H groups in total. The Morgan fingerprint density at radius 2 is 1.64 bits per heavy atom. The summed E-state index contributed by atoms with van der Waals surface area (Å²) in [7, 11) is 0. The number of aromatic nitrogens is 1. The van der Waals surface area contributed by atoms with Gasteiger partial charge in [-0.1, -0.05) is 0 Å². The van der Waals surface area contributed by atoms with E-state index in [1.165, 1.54) is 0 Å². The van der Waals surface area contributed by atoms with E-state index in [0.717, 1.165) is 51.3 Å². The number of hydrogen-bond acceptors (Lipinski definition) is 6. The van der Waals surface area contributed by atoms with Gasteiger partial charge in [-0.05, 0) is 36.4 Å². The summed E-state index contributed by atoms with van der Waals surface area (Å²) in [4.78, 5) is 4.80. The maximum Gasteiger partial charge on any atom is 0.162 e. The topological polar surface area (TPSA) is 52.6 Å². The minimum absolute atomic E-state index is 0.587. The summed E-state index contributed by atoms with van der Waals surface area (Å²) in [6.07, 6.45) is 0. The van der Waals surface area contributed by atoms with Gasteiger partial charge in [-0.3, -0.25) is 0 Å². The molecule has 0 spiro atoms. The molecule has 126 valence electrons. The molecule has 0 radical (unpaired) electrons.